The minimum atomic E-state index is 0.367. The van der Waals surface area contributed by atoms with Crippen molar-refractivity contribution in [3.8, 4) is 5.69 Å². The molecule has 16 heavy (non-hydrogen) atoms. The van der Waals surface area contributed by atoms with Crippen molar-refractivity contribution in [3.63, 3.8) is 0 Å². The zero-order valence-corrected chi connectivity index (χ0v) is 10.1. The summed E-state index contributed by atoms with van der Waals surface area (Å²) in [5.74, 6) is 1.67. The molecule has 84 valence electrons. The molecule has 0 radical (unpaired) electrons. The maximum atomic E-state index is 5.78. The first-order valence-electron chi connectivity index (χ1n) is 5.27. The van der Waals surface area contributed by atoms with Crippen LogP contribution in [0, 0.1) is 0 Å². The fraction of sp³-hybridized carbons (Fsp3) is 0.333. The lowest BCUT2D eigenvalue weighted by Crippen LogP contribution is -1.98. The van der Waals surface area contributed by atoms with Gasteiger partial charge in [-0.2, -0.15) is 0 Å². The first kappa shape index (κ1) is 11.1. The summed E-state index contributed by atoms with van der Waals surface area (Å²) in [4.78, 5) is 0. The van der Waals surface area contributed by atoms with Gasteiger partial charge < -0.3 is 0 Å². The van der Waals surface area contributed by atoms with Crippen LogP contribution in [0.3, 0.4) is 0 Å². The van der Waals surface area contributed by atoms with Crippen molar-refractivity contribution in [2.24, 2.45) is 0 Å². The maximum Gasteiger partial charge on any atom is 0.152 e. The average Bonchev–Trinajstić information content (AvgIpc) is 2.77. The second-order valence-corrected chi connectivity index (χ2v) is 4.26. The summed E-state index contributed by atoms with van der Waals surface area (Å²) < 4.78 is 1.90. The largest absolute Gasteiger partial charge is 0.285 e. The maximum absolute atomic E-state index is 5.78. The number of rotatable bonds is 3. The lowest BCUT2D eigenvalue weighted by atomic mass is 10.0. The average molecular weight is 236 g/mol. The smallest absolute Gasteiger partial charge is 0.152 e. The third-order valence-corrected chi connectivity index (χ3v) is 2.81. The van der Waals surface area contributed by atoms with Gasteiger partial charge in [0.2, 0.25) is 0 Å². The van der Waals surface area contributed by atoms with Crippen LogP contribution in [0.4, 0.5) is 0 Å². The monoisotopic (exact) mass is 235 g/mol. The van der Waals surface area contributed by atoms with Gasteiger partial charge in [0.05, 0.1) is 5.88 Å². The molecule has 0 atom stereocenters. The van der Waals surface area contributed by atoms with Gasteiger partial charge in [-0.25, -0.2) is 0 Å². The van der Waals surface area contributed by atoms with Crippen LogP contribution in [0.1, 0.15) is 31.2 Å². The number of halogens is 1. The third kappa shape index (κ3) is 2.09. The Kier molecular flexibility index (Phi) is 3.25. The molecule has 0 aliphatic carbocycles. The number of hydrogen-bond donors (Lipinski definition) is 0. The van der Waals surface area contributed by atoms with Gasteiger partial charge in [-0.05, 0) is 23.6 Å². The van der Waals surface area contributed by atoms with Crippen LogP contribution in [0.2, 0.25) is 0 Å². The highest BCUT2D eigenvalue weighted by Crippen LogP contribution is 2.17. The van der Waals surface area contributed by atoms with Gasteiger partial charge >= 0.3 is 0 Å². The van der Waals surface area contributed by atoms with E-state index in [4.69, 9.17) is 11.6 Å². The molecule has 0 N–H and O–H groups in total. The fourth-order valence-corrected chi connectivity index (χ4v) is 1.77. The Morgan fingerprint density at radius 1 is 1.25 bits per heavy atom. The summed E-state index contributed by atoms with van der Waals surface area (Å²) >= 11 is 5.78. The van der Waals surface area contributed by atoms with Crippen molar-refractivity contribution in [3.05, 3.63) is 42.0 Å². The molecule has 0 bridgehead atoms. The summed E-state index contributed by atoms with van der Waals surface area (Å²) in [5.41, 5.74) is 2.37. The summed E-state index contributed by atoms with van der Waals surface area (Å²) in [6.07, 6.45) is 1.68. The van der Waals surface area contributed by atoms with Gasteiger partial charge in [-0.3, -0.25) is 4.57 Å². The predicted molar refractivity (Wildman–Crippen MR) is 65.0 cm³/mol. The minimum Gasteiger partial charge on any atom is -0.285 e. The number of benzene rings is 1. The predicted octanol–water partition coefficient (Wildman–Crippen LogP) is 3.13. The van der Waals surface area contributed by atoms with Gasteiger partial charge in [0.1, 0.15) is 6.33 Å². The molecule has 0 unspecified atom stereocenters. The second kappa shape index (κ2) is 4.66. The number of aromatic nitrogens is 3. The second-order valence-electron chi connectivity index (χ2n) is 4.00. The molecule has 0 aliphatic heterocycles. The fourth-order valence-electron chi connectivity index (χ4n) is 1.59. The highest BCUT2D eigenvalue weighted by molar-refractivity contribution is 6.16. The Labute approximate surface area is 100 Å². The van der Waals surface area contributed by atoms with Crippen molar-refractivity contribution < 1.29 is 0 Å². The third-order valence-electron chi connectivity index (χ3n) is 2.58. The number of alkyl halides is 1. The van der Waals surface area contributed by atoms with Gasteiger partial charge in [0, 0.05) is 5.69 Å². The lowest BCUT2D eigenvalue weighted by molar-refractivity contribution is 0.863. The highest BCUT2D eigenvalue weighted by atomic mass is 35.5. The van der Waals surface area contributed by atoms with Crippen molar-refractivity contribution in [1.82, 2.24) is 14.8 Å². The van der Waals surface area contributed by atoms with E-state index in [0.29, 0.717) is 11.8 Å². The van der Waals surface area contributed by atoms with E-state index in [1.54, 1.807) is 6.33 Å². The van der Waals surface area contributed by atoms with E-state index in [-0.39, 0.29) is 0 Å². The van der Waals surface area contributed by atoms with E-state index in [0.717, 1.165) is 11.5 Å². The lowest BCUT2D eigenvalue weighted by Gasteiger charge is -2.08. The quantitative estimate of drug-likeness (QED) is 0.766. The molecule has 1 aromatic carbocycles. The van der Waals surface area contributed by atoms with Gasteiger partial charge in [0.15, 0.2) is 5.82 Å². The molecule has 0 fully saturated rings. The van der Waals surface area contributed by atoms with Crippen molar-refractivity contribution in [1.29, 1.82) is 0 Å². The summed E-state index contributed by atoms with van der Waals surface area (Å²) in [5, 5.41) is 7.81. The highest BCUT2D eigenvalue weighted by Gasteiger charge is 2.05. The van der Waals surface area contributed by atoms with Crippen LogP contribution < -0.4 is 0 Å². The van der Waals surface area contributed by atoms with E-state index >= 15 is 0 Å². The Morgan fingerprint density at radius 3 is 2.50 bits per heavy atom. The number of hydrogen-bond acceptors (Lipinski definition) is 2. The Balaban J connectivity index is 2.35. The molecule has 0 amide bonds. The summed E-state index contributed by atoms with van der Waals surface area (Å²) in [7, 11) is 0. The number of nitrogens with zero attached hydrogens (tertiary/aromatic N) is 3. The molecule has 0 saturated heterocycles. The Bertz CT molecular complexity index is 459. The van der Waals surface area contributed by atoms with Gasteiger partial charge in [-0.1, -0.05) is 26.0 Å². The molecule has 0 spiro atoms. The van der Waals surface area contributed by atoms with E-state index in [1.165, 1.54) is 5.56 Å². The van der Waals surface area contributed by atoms with E-state index in [1.807, 2.05) is 4.57 Å². The van der Waals surface area contributed by atoms with Crippen molar-refractivity contribution >= 4 is 11.6 Å². The van der Waals surface area contributed by atoms with Crippen molar-refractivity contribution in [2.45, 2.75) is 25.6 Å². The molecular formula is C12H14ClN3. The van der Waals surface area contributed by atoms with Crippen LogP contribution in [-0.2, 0) is 5.88 Å². The normalized spacial score (nSPS) is 11.0. The first-order valence-corrected chi connectivity index (χ1v) is 5.81. The Morgan fingerprint density at radius 2 is 1.94 bits per heavy atom. The molecule has 1 aromatic heterocycles. The molecular weight excluding hydrogens is 222 g/mol. The van der Waals surface area contributed by atoms with E-state index in [2.05, 4.69) is 48.3 Å². The SMILES string of the molecule is CC(C)c1ccc(-n2cnnc2CCl)cc1. The summed E-state index contributed by atoms with van der Waals surface area (Å²) in [6.45, 7) is 4.36. The van der Waals surface area contributed by atoms with Crippen LogP contribution in [0.25, 0.3) is 5.69 Å². The molecule has 3 nitrogen and oxygen atoms in total. The van der Waals surface area contributed by atoms with E-state index in [9.17, 15) is 0 Å². The Hall–Kier alpha value is -1.35. The van der Waals surface area contributed by atoms with Crippen LogP contribution in [0.5, 0.6) is 0 Å². The summed E-state index contributed by atoms with van der Waals surface area (Å²) in [6, 6.07) is 8.37. The van der Waals surface area contributed by atoms with E-state index < -0.39 is 0 Å². The standard InChI is InChI=1S/C12H14ClN3/c1-9(2)10-3-5-11(6-4-10)16-8-14-15-12(16)7-13/h3-6,8-9H,7H2,1-2H3. The minimum absolute atomic E-state index is 0.367. The molecule has 0 saturated carbocycles. The molecule has 2 aromatic rings. The van der Waals surface area contributed by atoms with Crippen molar-refractivity contribution in [2.75, 3.05) is 0 Å². The molecule has 1 heterocycles. The molecule has 0 aliphatic rings. The van der Waals surface area contributed by atoms with Gasteiger partial charge in [0.25, 0.3) is 0 Å². The zero-order valence-electron chi connectivity index (χ0n) is 9.39. The van der Waals surface area contributed by atoms with Crippen LogP contribution >= 0.6 is 11.6 Å². The molecule has 2 rings (SSSR count). The topological polar surface area (TPSA) is 30.7 Å². The molecule has 4 heteroatoms. The zero-order chi connectivity index (χ0) is 11.5. The van der Waals surface area contributed by atoms with Crippen LogP contribution in [0.15, 0.2) is 30.6 Å². The first-order chi connectivity index (χ1) is 7.72. The van der Waals surface area contributed by atoms with Crippen LogP contribution in [-0.4, -0.2) is 14.8 Å². The van der Waals surface area contributed by atoms with Gasteiger partial charge in [-0.15, -0.1) is 21.8 Å².